The number of aliphatic hydroxyl groups excluding tert-OH is 3. The first kappa shape index (κ1) is 10.6. The molecule has 4 atom stereocenters. The molecule has 0 bridgehead atoms. The van der Waals surface area contributed by atoms with Crippen LogP contribution in [-0.2, 0) is 9.53 Å². The number of ketones is 1. The predicted octanol–water partition coefficient (Wildman–Crippen LogP) is -2.62. The van der Waals surface area contributed by atoms with Crippen molar-refractivity contribution in [3.05, 3.63) is 0 Å². The molecule has 1 fully saturated rings. The fourth-order valence-electron chi connectivity index (χ4n) is 1.24. The van der Waals surface area contributed by atoms with Crippen LogP contribution in [0.1, 0.15) is 6.92 Å². The van der Waals surface area contributed by atoms with Gasteiger partial charge < -0.3 is 25.2 Å². The third kappa shape index (κ3) is 1.47. The molecule has 0 aromatic heterocycles. The SMILES string of the molecule is CC(=O)C1(O)O[C@@H](CO)[C@H](O)[C@@H]1O. The Balaban J connectivity index is 2.87. The van der Waals surface area contributed by atoms with Crippen molar-refractivity contribution in [3.8, 4) is 0 Å². The molecule has 0 saturated carbocycles. The molecule has 6 nitrogen and oxygen atoms in total. The Bertz CT molecular complexity index is 217. The number of hydrogen-bond acceptors (Lipinski definition) is 6. The number of carbonyl (C=O) groups is 1. The zero-order chi connectivity index (χ0) is 10.2. The summed E-state index contributed by atoms with van der Waals surface area (Å²) >= 11 is 0. The second-order valence-electron chi connectivity index (χ2n) is 3.03. The summed E-state index contributed by atoms with van der Waals surface area (Å²) < 4.78 is 4.64. The van der Waals surface area contributed by atoms with Crippen LogP contribution in [-0.4, -0.2) is 56.9 Å². The first-order valence-corrected chi connectivity index (χ1v) is 3.81. The van der Waals surface area contributed by atoms with Crippen LogP contribution in [0.15, 0.2) is 0 Å². The molecule has 13 heavy (non-hydrogen) atoms. The van der Waals surface area contributed by atoms with Crippen LogP contribution in [0.2, 0.25) is 0 Å². The van der Waals surface area contributed by atoms with Gasteiger partial charge in [0.25, 0.3) is 5.79 Å². The molecule has 0 aliphatic carbocycles. The smallest absolute Gasteiger partial charge is 0.256 e. The zero-order valence-corrected chi connectivity index (χ0v) is 7.04. The molecule has 1 heterocycles. The minimum Gasteiger partial charge on any atom is -0.394 e. The van der Waals surface area contributed by atoms with Gasteiger partial charge in [-0.25, -0.2) is 0 Å². The van der Waals surface area contributed by atoms with Crippen molar-refractivity contribution < 1.29 is 30.0 Å². The molecule has 0 aromatic rings. The summed E-state index contributed by atoms with van der Waals surface area (Å²) in [6.07, 6.45) is -4.31. The Morgan fingerprint density at radius 3 is 2.31 bits per heavy atom. The van der Waals surface area contributed by atoms with E-state index in [2.05, 4.69) is 4.74 Å². The van der Waals surface area contributed by atoms with Crippen molar-refractivity contribution in [2.45, 2.75) is 31.0 Å². The van der Waals surface area contributed by atoms with Crippen LogP contribution in [0.5, 0.6) is 0 Å². The van der Waals surface area contributed by atoms with Gasteiger partial charge in [-0.15, -0.1) is 0 Å². The van der Waals surface area contributed by atoms with Crippen molar-refractivity contribution in [1.82, 2.24) is 0 Å². The van der Waals surface area contributed by atoms with Gasteiger partial charge in [-0.1, -0.05) is 0 Å². The summed E-state index contributed by atoms with van der Waals surface area (Å²) in [6, 6.07) is 0. The Hall–Kier alpha value is -0.530. The summed E-state index contributed by atoms with van der Waals surface area (Å²) in [5.41, 5.74) is 0. The van der Waals surface area contributed by atoms with E-state index in [9.17, 15) is 20.1 Å². The van der Waals surface area contributed by atoms with Crippen molar-refractivity contribution in [2.75, 3.05) is 6.61 Å². The van der Waals surface area contributed by atoms with E-state index >= 15 is 0 Å². The van der Waals surface area contributed by atoms with Crippen LogP contribution in [0.4, 0.5) is 0 Å². The highest BCUT2D eigenvalue weighted by Crippen LogP contribution is 2.29. The Labute approximate surface area is 74.4 Å². The molecule has 1 unspecified atom stereocenters. The fourth-order valence-corrected chi connectivity index (χ4v) is 1.24. The standard InChI is InChI=1S/C7H12O6/c1-3(9)7(12)6(11)5(10)4(2-8)13-7/h4-6,8,10-12H,2H2,1H3/t4-,5-,6-,7?/m0/s1. The van der Waals surface area contributed by atoms with Gasteiger partial charge in [-0.2, -0.15) is 0 Å². The normalized spacial score (nSPS) is 45.2. The van der Waals surface area contributed by atoms with Gasteiger partial charge in [0.05, 0.1) is 6.61 Å². The number of carbonyl (C=O) groups excluding carboxylic acids is 1. The lowest BCUT2D eigenvalue weighted by atomic mass is 10.0. The van der Waals surface area contributed by atoms with Crippen LogP contribution in [0.25, 0.3) is 0 Å². The molecule has 1 saturated heterocycles. The van der Waals surface area contributed by atoms with Gasteiger partial charge in [0.2, 0.25) is 0 Å². The van der Waals surface area contributed by atoms with Crippen molar-refractivity contribution >= 4 is 5.78 Å². The Kier molecular flexibility index (Phi) is 2.69. The average molecular weight is 192 g/mol. The van der Waals surface area contributed by atoms with Gasteiger partial charge in [-0.3, -0.25) is 4.79 Å². The van der Waals surface area contributed by atoms with E-state index < -0.39 is 36.5 Å². The monoisotopic (exact) mass is 192 g/mol. The molecule has 4 N–H and O–H groups in total. The molecular weight excluding hydrogens is 180 g/mol. The average Bonchev–Trinajstić information content (AvgIpc) is 2.31. The molecule has 0 radical (unpaired) electrons. The molecule has 0 spiro atoms. The summed E-state index contributed by atoms with van der Waals surface area (Å²) in [5.74, 6) is -3.21. The highest BCUT2D eigenvalue weighted by Gasteiger charge is 2.56. The van der Waals surface area contributed by atoms with E-state index in [0.29, 0.717) is 0 Å². The van der Waals surface area contributed by atoms with Crippen molar-refractivity contribution in [1.29, 1.82) is 0 Å². The lowest BCUT2D eigenvalue weighted by Crippen LogP contribution is -2.48. The van der Waals surface area contributed by atoms with E-state index in [-0.39, 0.29) is 0 Å². The molecule has 0 aromatic carbocycles. The lowest BCUT2D eigenvalue weighted by Gasteiger charge is -2.22. The predicted molar refractivity (Wildman–Crippen MR) is 39.6 cm³/mol. The number of ether oxygens (including phenoxy) is 1. The second-order valence-corrected chi connectivity index (χ2v) is 3.03. The van der Waals surface area contributed by atoms with E-state index in [1.807, 2.05) is 0 Å². The first-order chi connectivity index (χ1) is 5.93. The van der Waals surface area contributed by atoms with Gasteiger partial charge in [0, 0.05) is 6.92 Å². The molecule has 6 heteroatoms. The summed E-state index contributed by atoms with van der Waals surface area (Å²) in [5, 5.41) is 36.5. The largest absolute Gasteiger partial charge is 0.394 e. The number of hydrogen-bond donors (Lipinski definition) is 4. The molecular formula is C7H12O6. The minimum absolute atomic E-state index is 0.576. The maximum Gasteiger partial charge on any atom is 0.256 e. The van der Waals surface area contributed by atoms with E-state index in [1.54, 1.807) is 0 Å². The summed E-state index contributed by atoms with van der Waals surface area (Å²) in [7, 11) is 0. The Morgan fingerprint density at radius 2 is 2.08 bits per heavy atom. The third-order valence-electron chi connectivity index (χ3n) is 2.12. The van der Waals surface area contributed by atoms with Gasteiger partial charge in [0.15, 0.2) is 5.78 Å². The van der Waals surface area contributed by atoms with Crippen LogP contribution < -0.4 is 0 Å². The quantitative estimate of drug-likeness (QED) is 0.381. The Morgan fingerprint density at radius 1 is 1.54 bits per heavy atom. The first-order valence-electron chi connectivity index (χ1n) is 3.81. The lowest BCUT2D eigenvalue weighted by molar-refractivity contribution is -0.222. The van der Waals surface area contributed by atoms with Crippen LogP contribution >= 0.6 is 0 Å². The van der Waals surface area contributed by atoms with Gasteiger partial charge >= 0.3 is 0 Å². The molecule has 1 rings (SSSR count). The molecule has 1 aliphatic rings. The minimum atomic E-state index is -2.40. The topological polar surface area (TPSA) is 107 Å². The van der Waals surface area contributed by atoms with Gasteiger partial charge in [-0.05, 0) is 0 Å². The molecule has 0 amide bonds. The van der Waals surface area contributed by atoms with Crippen LogP contribution in [0.3, 0.4) is 0 Å². The molecule has 76 valence electrons. The van der Waals surface area contributed by atoms with Gasteiger partial charge in [0.1, 0.15) is 18.3 Å². The maximum atomic E-state index is 10.9. The number of Topliss-reactive ketones (excluding diaryl/α,β-unsaturated/α-hetero) is 1. The second kappa shape index (κ2) is 3.32. The highest BCUT2D eigenvalue weighted by atomic mass is 16.7. The fraction of sp³-hybridized carbons (Fsp3) is 0.857. The van der Waals surface area contributed by atoms with Crippen molar-refractivity contribution in [2.24, 2.45) is 0 Å². The van der Waals surface area contributed by atoms with Crippen LogP contribution in [0, 0.1) is 0 Å². The van der Waals surface area contributed by atoms with E-state index in [4.69, 9.17) is 5.11 Å². The van der Waals surface area contributed by atoms with Crippen molar-refractivity contribution in [3.63, 3.8) is 0 Å². The number of aliphatic hydroxyl groups is 4. The summed E-state index contributed by atoms with van der Waals surface area (Å²) in [4.78, 5) is 10.9. The summed E-state index contributed by atoms with van der Waals surface area (Å²) in [6.45, 7) is 0.448. The zero-order valence-electron chi connectivity index (χ0n) is 7.04. The molecule has 1 aliphatic heterocycles. The number of rotatable bonds is 2. The van der Waals surface area contributed by atoms with E-state index in [0.717, 1.165) is 6.92 Å². The third-order valence-corrected chi connectivity index (χ3v) is 2.12. The maximum absolute atomic E-state index is 10.9. The highest BCUT2D eigenvalue weighted by molar-refractivity contribution is 5.84. The van der Waals surface area contributed by atoms with E-state index in [1.165, 1.54) is 0 Å².